The molecule has 0 N–H and O–H groups in total. The quantitative estimate of drug-likeness (QED) is 0.489. The van der Waals surface area contributed by atoms with Crippen molar-refractivity contribution in [3.8, 4) is 17.5 Å². The molecule has 2 aromatic carbocycles. The first-order valence-corrected chi connectivity index (χ1v) is 8.23. The molecule has 0 amide bonds. The number of nitrogens with zero attached hydrogens (tertiary/aromatic N) is 2. The van der Waals surface area contributed by atoms with Crippen molar-refractivity contribution >= 4 is 16.9 Å². The zero-order valence-electron chi connectivity index (χ0n) is 14.9. The molecule has 0 aliphatic carbocycles. The van der Waals surface area contributed by atoms with Gasteiger partial charge in [0.2, 0.25) is 0 Å². The number of fused-ring (bicyclic) bond motifs is 1. The summed E-state index contributed by atoms with van der Waals surface area (Å²) in [5.41, 5.74) is 1.80. The van der Waals surface area contributed by atoms with Crippen LogP contribution in [0, 0.1) is 17.1 Å². The predicted octanol–water partition coefficient (Wildman–Crippen LogP) is 3.80. The molecule has 0 spiro atoms. The number of carbonyl (C=O) groups excluding carboxylic acids is 1. The highest BCUT2D eigenvalue weighted by Gasteiger charge is 2.17. The van der Waals surface area contributed by atoms with Crippen molar-refractivity contribution in [2.45, 2.75) is 6.92 Å². The summed E-state index contributed by atoms with van der Waals surface area (Å²) in [7, 11) is 1.47. The number of rotatable bonds is 6. The summed E-state index contributed by atoms with van der Waals surface area (Å²) in [5, 5.41) is 9.98. The van der Waals surface area contributed by atoms with Crippen LogP contribution in [0.2, 0.25) is 0 Å². The fraction of sp³-hybridized carbons (Fsp3) is 0.200. The van der Waals surface area contributed by atoms with Crippen molar-refractivity contribution in [3.05, 3.63) is 59.5 Å². The standard InChI is InChI=1S/C20H17FN2O4/c1-3-26-20(24)17-7-5-15(9-19(17)27-12-25-2)23-11-13(10-22)16-6-4-14(21)8-18(16)23/h4-9,11H,3,12H2,1-2H3. The Bertz CT molecular complexity index is 1040. The van der Waals surface area contributed by atoms with E-state index in [1.54, 1.807) is 42.0 Å². The summed E-state index contributed by atoms with van der Waals surface area (Å²) in [6.45, 7) is 1.89. The normalized spacial score (nSPS) is 10.6. The minimum absolute atomic E-state index is 0.0552. The number of hydrogen-bond acceptors (Lipinski definition) is 5. The van der Waals surface area contributed by atoms with Crippen molar-refractivity contribution in [1.29, 1.82) is 5.26 Å². The minimum atomic E-state index is -0.517. The second-order valence-corrected chi connectivity index (χ2v) is 5.64. The lowest BCUT2D eigenvalue weighted by Crippen LogP contribution is -2.10. The molecule has 3 aromatic rings. The highest BCUT2D eigenvalue weighted by Crippen LogP contribution is 2.29. The molecule has 1 heterocycles. The lowest BCUT2D eigenvalue weighted by Gasteiger charge is -2.13. The molecule has 0 saturated carbocycles. The number of carbonyl (C=O) groups is 1. The van der Waals surface area contributed by atoms with Crippen molar-refractivity contribution in [3.63, 3.8) is 0 Å². The van der Waals surface area contributed by atoms with E-state index >= 15 is 0 Å². The first-order chi connectivity index (χ1) is 13.1. The Hall–Kier alpha value is -3.37. The third-order valence-corrected chi connectivity index (χ3v) is 3.96. The van der Waals surface area contributed by atoms with Crippen molar-refractivity contribution in [2.75, 3.05) is 20.5 Å². The van der Waals surface area contributed by atoms with Crippen LogP contribution in [0.1, 0.15) is 22.8 Å². The number of nitriles is 1. The van der Waals surface area contributed by atoms with Crippen LogP contribution in [-0.4, -0.2) is 31.0 Å². The van der Waals surface area contributed by atoms with Crippen LogP contribution in [0.25, 0.3) is 16.6 Å². The summed E-state index contributed by atoms with van der Waals surface area (Å²) in [6.07, 6.45) is 1.61. The molecule has 0 aliphatic rings. The average molecular weight is 368 g/mol. The molecule has 0 unspecified atom stereocenters. The molecule has 7 heteroatoms. The van der Waals surface area contributed by atoms with Gasteiger partial charge < -0.3 is 18.8 Å². The van der Waals surface area contributed by atoms with Crippen LogP contribution in [0.15, 0.2) is 42.6 Å². The Morgan fingerprint density at radius 1 is 1.26 bits per heavy atom. The van der Waals surface area contributed by atoms with Crippen LogP contribution in [0.5, 0.6) is 5.75 Å². The van der Waals surface area contributed by atoms with E-state index in [4.69, 9.17) is 14.2 Å². The maximum absolute atomic E-state index is 13.7. The summed E-state index contributed by atoms with van der Waals surface area (Å²) in [6, 6.07) is 11.2. The van der Waals surface area contributed by atoms with Gasteiger partial charge in [-0.2, -0.15) is 5.26 Å². The van der Waals surface area contributed by atoms with Gasteiger partial charge in [-0.15, -0.1) is 0 Å². The van der Waals surface area contributed by atoms with Crippen molar-refractivity contribution < 1.29 is 23.4 Å². The Morgan fingerprint density at radius 2 is 2.07 bits per heavy atom. The SMILES string of the molecule is CCOC(=O)c1ccc(-n2cc(C#N)c3ccc(F)cc32)cc1OCOC. The summed E-state index contributed by atoms with van der Waals surface area (Å²) >= 11 is 0. The van der Waals surface area contributed by atoms with Crippen LogP contribution in [0.3, 0.4) is 0 Å². The topological polar surface area (TPSA) is 73.5 Å². The number of aromatic nitrogens is 1. The maximum Gasteiger partial charge on any atom is 0.341 e. The van der Waals surface area contributed by atoms with Crippen LogP contribution >= 0.6 is 0 Å². The maximum atomic E-state index is 13.7. The fourth-order valence-electron chi connectivity index (χ4n) is 2.78. The Balaban J connectivity index is 2.15. The molecule has 0 bridgehead atoms. The number of hydrogen-bond donors (Lipinski definition) is 0. The van der Waals surface area contributed by atoms with Crippen molar-refractivity contribution in [1.82, 2.24) is 4.57 Å². The minimum Gasteiger partial charge on any atom is -0.467 e. The van der Waals surface area contributed by atoms with Gasteiger partial charge in [0.25, 0.3) is 0 Å². The molecule has 0 saturated heterocycles. The third kappa shape index (κ3) is 3.61. The molecular weight excluding hydrogens is 351 g/mol. The molecule has 0 fully saturated rings. The van der Waals surface area contributed by atoms with Gasteiger partial charge in [0.1, 0.15) is 23.2 Å². The smallest absolute Gasteiger partial charge is 0.341 e. The van der Waals surface area contributed by atoms with E-state index in [2.05, 4.69) is 6.07 Å². The Kier molecular flexibility index (Phi) is 5.38. The van der Waals surface area contributed by atoms with E-state index < -0.39 is 11.8 Å². The molecule has 0 atom stereocenters. The van der Waals surface area contributed by atoms with E-state index in [9.17, 15) is 14.4 Å². The number of benzene rings is 2. The van der Waals surface area contributed by atoms with Gasteiger partial charge in [-0.1, -0.05) is 0 Å². The second kappa shape index (κ2) is 7.89. The van der Waals surface area contributed by atoms with E-state index in [0.717, 1.165) is 0 Å². The first-order valence-electron chi connectivity index (χ1n) is 8.23. The highest BCUT2D eigenvalue weighted by atomic mass is 19.1. The monoisotopic (exact) mass is 368 g/mol. The van der Waals surface area contributed by atoms with Gasteiger partial charge >= 0.3 is 5.97 Å². The summed E-state index contributed by atoms with van der Waals surface area (Å²) < 4.78 is 30.9. The van der Waals surface area contributed by atoms with E-state index in [1.807, 2.05) is 0 Å². The zero-order chi connectivity index (χ0) is 19.4. The first kappa shape index (κ1) is 18.4. The number of esters is 1. The predicted molar refractivity (Wildman–Crippen MR) is 96.4 cm³/mol. The molecule has 27 heavy (non-hydrogen) atoms. The molecule has 138 valence electrons. The summed E-state index contributed by atoms with van der Waals surface area (Å²) in [4.78, 5) is 12.1. The molecule has 0 radical (unpaired) electrons. The number of ether oxygens (including phenoxy) is 3. The van der Waals surface area contributed by atoms with Crippen molar-refractivity contribution in [2.24, 2.45) is 0 Å². The number of halogens is 1. The van der Waals surface area contributed by atoms with Gasteiger partial charge in [0, 0.05) is 30.4 Å². The Morgan fingerprint density at radius 3 is 2.78 bits per heavy atom. The summed E-state index contributed by atoms with van der Waals surface area (Å²) in [5.74, 6) is -0.661. The molecular formula is C20H17FN2O4. The second-order valence-electron chi connectivity index (χ2n) is 5.64. The molecule has 0 aliphatic heterocycles. The van der Waals surface area contributed by atoms with E-state index in [0.29, 0.717) is 22.2 Å². The lowest BCUT2D eigenvalue weighted by atomic mass is 10.1. The Labute approximate surface area is 155 Å². The molecule has 3 rings (SSSR count). The fourth-order valence-corrected chi connectivity index (χ4v) is 2.78. The van der Waals surface area contributed by atoms with Gasteiger partial charge in [-0.25, -0.2) is 9.18 Å². The van der Waals surface area contributed by atoms with Crippen LogP contribution in [0.4, 0.5) is 4.39 Å². The van der Waals surface area contributed by atoms with Crippen LogP contribution in [-0.2, 0) is 9.47 Å². The molecule has 1 aromatic heterocycles. The average Bonchev–Trinajstić information content (AvgIpc) is 3.04. The van der Waals surface area contributed by atoms with Crippen LogP contribution < -0.4 is 4.74 Å². The molecule has 6 nitrogen and oxygen atoms in total. The zero-order valence-corrected chi connectivity index (χ0v) is 14.9. The van der Waals surface area contributed by atoms with Gasteiger partial charge in [-0.05, 0) is 37.3 Å². The number of methoxy groups -OCH3 is 1. The van der Waals surface area contributed by atoms with E-state index in [1.165, 1.54) is 19.2 Å². The third-order valence-electron chi connectivity index (χ3n) is 3.96. The lowest BCUT2D eigenvalue weighted by molar-refractivity contribution is 0.0438. The largest absolute Gasteiger partial charge is 0.467 e. The highest BCUT2D eigenvalue weighted by molar-refractivity contribution is 5.93. The van der Waals surface area contributed by atoms with E-state index in [-0.39, 0.29) is 24.7 Å². The van der Waals surface area contributed by atoms with Gasteiger partial charge in [-0.3, -0.25) is 0 Å². The van der Waals surface area contributed by atoms with Gasteiger partial charge in [0.05, 0.1) is 17.7 Å². The van der Waals surface area contributed by atoms with Gasteiger partial charge in [0.15, 0.2) is 6.79 Å².